The maximum Gasteiger partial charge on any atom is 0.325 e. The number of rotatable bonds is 5. The van der Waals surface area contributed by atoms with E-state index in [0.29, 0.717) is 16.9 Å². The summed E-state index contributed by atoms with van der Waals surface area (Å²) in [6, 6.07) is 3.78. The highest BCUT2D eigenvalue weighted by molar-refractivity contribution is 7.19. The van der Waals surface area contributed by atoms with Gasteiger partial charge in [-0.05, 0) is 32.3 Å². The molecule has 1 aromatic heterocycles. The number of methoxy groups -OCH3 is 1. The largest absolute Gasteiger partial charge is 0.495 e. The summed E-state index contributed by atoms with van der Waals surface area (Å²) in [7, 11) is 1.42. The van der Waals surface area contributed by atoms with Crippen molar-refractivity contribution in [1.29, 1.82) is 0 Å². The average Bonchev–Trinajstić information content (AvgIpc) is 3.10. The predicted octanol–water partition coefficient (Wildman–Crippen LogP) is 3.48. The Hall–Kier alpha value is -2.95. The van der Waals surface area contributed by atoms with Crippen molar-refractivity contribution in [3.8, 4) is 5.75 Å². The van der Waals surface area contributed by atoms with Gasteiger partial charge in [0.25, 0.3) is 5.69 Å². The van der Waals surface area contributed by atoms with Gasteiger partial charge in [0.2, 0.25) is 10.3 Å². The van der Waals surface area contributed by atoms with Gasteiger partial charge in [0.05, 0.1) is 17.7 Å². The highest BCUT2D eigenvalue weighted by Gasteiger charge is 2.22. The lowest BCUT2D eigenvalue weighted by molar-refractivity contribution is -0.384. The topological polar surface area (TPSA) is 123 Å². The molecule has 10 nitrogen and oxygen atoms in total. The van der Waals surface area contributed by atoms with E-state index in [1.54, 1.807) is 0 Å². The van der Waals surface area contributed by atoms with Crippen LogP contribution in [0.2, 0.25) is 0 Å². The summed E-state index contributed by atoms with van der Waals surface area (Å²) in [6.45, 7) is 3.07. The van der Waals surface area contributed by atoms with Crippen LogP contribution in [0.15, 0.2) is 18.2 Å². The molecule has 1 aromatic carbocycles. The number of amides is 2. The van der Waals surface area contributed by atoms with E-state index in [0.717, 1.165) is 24.5 Å². The number of hydrogen-bond donors (Lipinski definition) is 2. The van der Waals surface area contributed by atoms with Crippen LogP contribution in [0, 0.1) is 10.1 Å². The molecular formula is C16H20N6O4S. The number of non-ortho nitro benzene ring substituents is 1. The van der Waals surface area contributed by atoms with E-state index in [2.05, 4.69) is 32.7 Å². The van der Waals surface area contributed by atoms with E-state index in [9.17, 15) is 14.9 Å². The summed E-state index contributed by atoms with van der Waals surface area (Å²) in [5.41, 5.74) is 0.0435. The zero-order valence-electron chi connectivity index (χ0n) is 15.0. The molecule has 0 radical (unpaired) electrons. The van der Waals surface area contributed by atoms with Crippen LogP contribution in [0.3, 0.4) is 0 Å². The fourth-order valence-corrected chi connectivity index (χ4v) is 3.79. The number of carbonyl (C=O) groups is 1. The summed E-state index contributed by atoms with van der Waals surface area (Å²) < 4.78 is 5.13. The number of hydrogen-bond acceptors (Lipinski definition) is 8. The van der Waals surface area contributed by atoms with Crippen molar-refractivity contribution < 1.29 is 14.5 Å². The van der Waals surface area contributed by atoms with Gasteiger partial charge in [-0.25, -0.2) is 4.79 Å². The van der Waals surface area contributed by atoms with Crippen molar-refractivity contribution in [2.24, 2.45) is 0 Å². The Balaban J connectivity index is 1.68. The molecule has 0 saturated carbocycles. The highest BCUT2D eigenvalue weighted by atomic mass is 32.1. The van der Waals surface area contributed by atoms with Gasteiger partial charge in [-0.3, -0.25) is 15.4 Å². The van der Waals surface area contributed by atoms with Crippen molar-refractivity contribution >= 4 is 39.0 Å². The smallest absolute Gasteiger partial charge is 0.325 e. The number of piperidine rings is 1. The molecule has 11 heteroatoms. The molecule has 0 aliphatic carbocycles. The molecule has 2 N–H and O–H groups in total. The number of benzene rings is 1. The summed E-state index contributed by atoms with van der Waals surface area (Å²) in [5, 5.41) is 25.4. The third-order valence-electron chi connectivity index (χ3n) is 4.33. The fraction of sp³-hybridized carbons (Fsp3) is 0.438. The zero-order valence-corrected chi connectivity index (χ0v) is 15.8. The Labute approximate surface area is 159 Å². The number of anilines is 3. The molecule has 1 atom stereocenters. The summed E-state index contributed by atoms with van der Waals surface area (Å²) in [6.07, 6.45) is 3.42. The third kappa shape index (κ3) is 4.42. The zero-order chi connectivity index (χ0) is 19.4. The predicted molar refractivity (Wildman–Crippen MR) is 103 cm³/mol. The quantitative estimate of drug-likeness (QED) is 0.590. The number of nitro benzene ring substituents is 1. The molecule has 1 fully saturated rings. The van der Waals surface area contributed by atoms with E-state index in [4.69, 9.17) is 4.74 Å². The molecule has 1 aliphatic rings. The monoisotopic (exact) mass is 392 g/mol. The minimum absolute atomic E-state index is 0.150. The van der Waals surface area contributed by atoms with Crippen LogP contribution in [0.5, 0.6) is 5.75 Å². The van der Waals surface area contributed by atoms with Crippen LogP contribution in [-0.2, 0) is 0 Å². The van der Waals surface area contributed by atoms with Crippen molar-refractivity contribution in [3.05, 3.63) is 28.3 Å². The lowest BCUT2D eigenvalue weighted by Crippen LogP contribution is -2.37. The molecule has 27 heavy (non-hydrogen) atoms. The van der Waals surface area contributed by atoms with Crippen LogP contribution in [0.4, 0.5) is 26.4 Å². The first-order chi connectivity index (χ1) is 13.0. The lowest BCUT2D eigenvalue weighted by Gasteiger charge is -2.32. The van der Waals surface area contributed by atoms with E-state index in [1.165, 1.54) is 43.1 Å². The Morgan fingerprint density at radius 2 is 2.19 bits per heavy atom. The van der Waals surface area contributed by atoms with Gasteiger partial charge >= 0.3 is 6.03 Å². The first kappa shape index (κ1) is 18.8. The average molecular weight is 392 g/mol. The van der Waals surface area contributed by atoms with Gasteiger partial charge in [-0.2, -0.15) is 0 Å². The number of urea groups is 1. The minimum Gasteiger partial charge on any atom is -0.495 e. The molecule has 144 valence electrons. The number of carbonyl (C=O) groups excluding carboxylic acids is 1. The number of nitrogens with zero attached hydrogens (tertiary/aromatic N) is 4. The van der Waals surface area contributed by atoms with E-state index >= 15 is 0 Å². The Morgan fingerprint density at radius 1 is 1.37 bits per heavy atom. The standard InChI is InChI=1S/C16H20N6O4S/c1-10-5-3-4-8-21(10)16-20-19-15(27-16)18-14(23)17-12-9-11(22(24)25)6-7-13(12)26-2/h6-7,9-10H,3-5,8H2,1-2H3,(H2,17,18,19,23). The van der Waals surface area contributed by atoms with E-state index in [1.807, 2.05) is 0 Å². The number of aromatic nitrogens is 2. The first-order valence-electron chi connectivity index (χ1n) is 8.48. The molecule has 1 unspecified atom stereocenters. The maximum absolute atomic E-state index is 12.3. The van der Waals surface area contributed by atoms with Crippen molar-refractivity contribution in [3.63, 3.8) is 0 Å². The Morgan fingerprint density at radius 3 is 2.89 bits per heavy atom. The second kappa shape index (κ2) is 8.16. The lowest BCUT2D eigenvalue weighted by atomic mass is 10.1. The summed E-state index contributed by atoms with van der Waals surface area (Å²) in [5.74, 6) is 0.316. The number of ether oxygens (including phenoxy) is 1. The van der Waals surface area contributed by atoms with E-state index < -0.39 is 11.0 Å². The molecule has 1 saturated heterocycles. The third-order valence-corrected chi connectivity index (χ3v) is 5.20. The van der Waals surface area contributed by atoms with Crippen LogP contribution >= 0.6 is 11.3 Å². The Bertz CT molecular complexity index is 842. The van der Waals surface area contributed by atoms with Gasteiger partial charge in [-0.15, -0.1) is 10.2 Å². The van der Waals surface area contributed by atoms with Crippen LogP contribution < -0.4 is 20.3 Å². The minimum atomic E-state index is -0.580. The summed E-state index contributed by atoms with van der Waals surface area (Å²) >= 11 is 1.29. The second-order valence-corrected chi connectivity index (χ2v) is 7.10. The molecule has 2 heterocycles. The normalized spacial score (nSPS) is 16.7. The number of nitrogens with one attached hydrogen (secondary N) is 2. The van der Waals surface area contributed by atoms with Crippen molar-refractivity contribution in [2.75, 3.05) is 29.2 Å². The summed E-state index contributed by atoms with van der Waals surface area (Å²) in [4.78, 5) is 24.8. The molecule has 1 aliphatic heterocycles. The number of nitro groups is 1. The maximum atomic E-state index is 12.3. The Kier molecular flexibility index (Phi) is 5.69. The fourth-order valence-electron chi connectivity index (χ4n) is 2.92. The van der Waals surface area contributed by atoms with Gasteiger partial charge < -0.3 is 15.0 Å². The molecule has 0 bridgehead atoms. The van der Waals surface area contributed by atoms with Gasteiger partial charge in [-0.1, -0.05) is 11.3 Å². The van der Waals surface area contributed by atoms with E-state index in [-0.39, 0.29) is 11.4 Å². The molecular weight excluding hydrogens is 372 g/mol. The first-order valence-corrected chi connectivity index (χ1v) is 9.30. The highest BCUT2D eigenvalue weighted by Crippen LogP contribution is 2.31. The molecule has 3 rings (SSSR count). The SMILES string of the molecule is COc1ccc([N+](=O)[O-])cc1NC(=O)Nc1nnc(N2CCCCC2C)s1. The molecule has 2 aromatic rings. The van der Waals surface area contributed by atoms with Gasteiger partial charge in [0.15, 0.2) is 0 Å². The van der Waals surface area contributed by atoms with Crippen LogP contribution in [-0.4, -0.2) is 40.8 Å². The van der Waals surface area contributed by atoms with Gasteiger partial charge in [0.1, 0.15) is 5.75 Å². The van der Waals surface area contributed by atoms with Crippen molar-refractivity contribution in [2.45, 2.75) is 32.2 Å². The second-order valence-electron chi connectivity index (χ2n) is 6.15. The van der Waals surface area contributed by atoms with Crippen molar-refractivity contribution in [1.82, 2.24) is 10.2 Å². The van der Waals surface area contributed by atoms with Crippen LogP contribution in [0.25, 0.3) is 0 Å². The molecule has 0 spiro atoms. The molecule has 2 amide bonds. The van der Waals surface area contributed by atoms with Crippen LogP contribution in [0.1, 0.15) is 26.2 Å². The van der Waals surface area contributed by atoms with Gasteiger partial charge in [0, 0.05) is 24.7 Å².